The number of alkyl carbamates (subject to hydrolysis) is 2. The topological polar surface area (TPSA) is 76.7 Å². The minimum Gasteiger partial charge on any atom is -0.412 e. The van der Waals surface area contributed by atoms with E-state index in [2.05, 4.69) is 33.3 Å². The molecule has 0 aliphatic rings. The first-order chi connectivity index (χ1) is 7.20. The Labute approximate surface area is 87.9 Å². The van der Waals surface area contributed by atoms with Crippen LogP contribution < -0.4 is 10.6 Å². The fraction of sp³-hybridized carbons (Fsp3) is 0.333. The van der Waals surface area contributed by atoms with Crippen molar-refractivity contribution in [2.24, 2.45) is 0 Å². The van der Waals surface area contributed by atoms with Crippen molar-refractivity contribution in [2.45, 2.75) is 0 Å². The van der Waals surface area contributed by atoms with Gasteiger partial charge in [-0.05, 0) is 0 Å². The Kier molecular flexibility index (Phi) is 7.47. The van der Waals surface area contributed by atoms with Crippen molar-refractivity contribution in [3.63, 3.8) is 0 Å². The summed E-state index contributed by atoms with van der Waals surface area (Å²) in [5.41, 5.74) is 0. The summed E-state index contributed by atoms with van der Waals surface area (Å²) in [5.74, 6) is 0. The maximum absolute atomic E-state index is 10.8. The van der Waals surface area contributed by atoms with Crippen LogP contribution in [0.2, 0.25) is 0 Å². The maximum atomic E-state index is 10.8. The third-order valence-corrected chi connectivity index (χ3v) is 1.16. The molecular weight excluding hydrogens is 200 g/mol. The highest BCUT2D eigenvalue weighted by atomic mass is 16.7. The van der Waals surface area contributed by atoms with Crippen LogP contribution in [0, 0.1) is 0 Å². The first kappa shape index (κ1) is 13.0. The molecule has 0 aromatic carbocycles. The van der Waals surface area contributed by atoms with E-state index >= 15 is 0 Å². The average Bonchev–Trinajstić information content (AvgIpc) is 2.23. The van der Waals surface area contributed by atoms with Gasteiger partial charge in [0, 0.05) is 13.1 Å². The predicted molar refractivity (Wildman–Crippen MR) is 54.2 cm³/mol. The molecular formula is C9H14N2O4. The summed E-state index contributed by atoms with van der Waals surface area (Å²) in [6, 6.07) is 0. The van der Waals surface area contributed by atoms with Gasteiger partial charge in [-0.2, -0.15) is 0 Å². The first-order valence-electron chi connectivity index (χ1n) is 4.23. The average molecular weight is 214 g/mol. The fourth-order valence-electron chi connectivity index (χ4n) is 0.550. The van der Waals surface area contributed by atoms with Crippen molar-refractivity contribution in [3.8, 4) is 0 Å². The summed E-state index contributed by atoms with van der Waals surface area (Å²) >= 11 is 0. The van der Waals surface area contributed by atoms with Crippen LogP contribution in [0.25, 0.3) is 0 Å². The zero-order chi connectivity index (χ0) is 11.5. The quantitative estimate of drug-likeness (QED) is 0.505. The molecule has 6 heteroatoms. The molecule has 6 nitrogen and oxygen atoms in total. The summed E-state index contributed by atoms with van der Waals surface area (Å²) in [5, 5.41) is 4.68. The lowest BCUT2D eigenvalue weighted by Crippen LogP contribution is -2.29. The number of rotatable bonds is 6. The number of hydrogen-bond donors (Lipinski definition) is 2. The van der Waals surface area contributed by atoms with E-state index in [1.54, 1.807) is 0 Å². The highest BCUT2D eigenvalue weighted by Gasteiger charge is 2.02. The molecule has 2 amide bonds. The Hall–Kier alpha value is -1.98. The lowest BCUT2D eigenvalue weighted by Gasteiger charge is -2.06. The van der Waals surface area contributed by atoms with Gasteiger partial charge in [0.05, 0.1) is 0 Å². The molecule has 0 aromatic heterocycles. The van der Waals surface area contributed by atoms with Gasteiger partial charge in [-0.3, -0.25) is 0 Å². The minimum absolute atomic E-state index is 0.293. The predicted octanol–water partition coefficient (Wildman–Crippen LogP) is 0.768. The summed E-state index contributed by atoms with van der Waals surface area (Å²) in [6.45, 7) is 6.95. The van der Waals surface area contributed by atoms with Gasteiger partial charge in [0.2, 0.25) is 6.79 Å². The number of carbonyl (C=O) groups excluding carboxylic acids is 2. The summed E-state index contributed by atoms with van der Waals surface area (Å²) < 4.78 is 8.98. The molecule has 0 aliphatic heterocycles. The Morgan fingerprint density at radius 2 is 1.40 bits per heavy atom. The fourth-order valence-corrected chi connectivity index (χ4v) is 0.550. The largest absolute Gasteiger partial charge is 0.412 e. The zero-order valence-electron chi connectivity index (χ0n) is 8.32. The number of carbonyl (C=O) groups is 2. The van der Waals surface area contributed by atoms with Crippen LogP contribution in [0.3, 0.4) is 0 Å². The molecule has 0 saturated heterocycles. The first-order valence-corrected chi connectivity index (χ1v) is 4.23. The van der Waals surface area contributed by atoms with E-state index in [0.29, 0.717) is 13.1 Å². The third-order valence-electron chi connectivity index (χ3n) is 1.16. The van der Waals surface area contributed by atoms with E-state index in [-0.39, 0.29) is 0 Å². The molecule has 0 fully saturated rings. The van der Waals surface area contributed by atoms with Crippen molar-refractivity contribution in [2.75, 3.05) is 19.9 Å². The van der Waals surface area contributed by atoms with Crippen LogP contribution in [-0.2, 0) is 9.47 Å². The van der Waals surface area contributed by atoms with Gasteiger partial charge >= 0.3 is 12.2 Å². The monoisotopic (exact) mass is 214 g/mol. The maximum Gasteiger partial charge on any atom is 0.410 e. The van der Waals surface area contributed by atoms with Crippen molar-refractivity contribution >= 4 is 12.2 Å². The molecule has 2 N–H and O–H groups in total. The highest BCUT2D eigenvalue weighted by Crippen LogP contribution is 1.82. The van der Waals surface area contributed by atoms with E-state index in [1.807, 2.05) is 0 Å². The van der Waals surface area contributed by atoms with E-state index in [1.165, 1.54) is 12.2 Å². The Morgan fingerprint density at radius 3 is 1.73 bits per heavy atom. The Balaban J connectivity index is 3.43. The normalized spacial score (nSPS) is 8.53. The molecule has 0 heterocycles. The lowest BCUT2D eigenvalue weighted by atomic mass is 10.6. The van der Waals surface area contributed by atoms with Crippen molar-refractivity contribution in [3.05, 3.63) is 25.3 Å². The second kappa shape index (κ2) is 8.61. The Morgan fingerprint density at radius 1 is 1.00 bits per heavy atom. The second-order valence-electron chi connectivity index (χ2n) is 2.32. The second-order valence-corrected chi connectivity index (χ2v) is 2.32. The molecule has 0 aliphatic carbocycles. The van der Waals surface area contributed by atoms with Crippen LogP contribution in [0.4, 0.5) is 9.59 Å². The summed E-state index contributed by atoms with van der Waals surface area (Å²) in [7, 11) is 0. The van der Waals surface area contributed by atoms with E-state index < -0.39 is 19.0 Å². The molecule has 0 atom stereocenters. The van der Waals surface area contributed by atoms with Gasteiger partial charge < -0.3 is 20.1 Å². The highest BCUT2D eigenvalue weighted by molar-refractivity contribution is 5.68. The van der Waals surface area contributed by atoms with E-state index in [4.69, 9.17) is 0 Å². The van der Waals surface area contributed by atoms with Crippen molar-refractivity contribution in [1.29, 1.82) is 0 Å². The van der Waals surface area contributed by atoms with E-state index in [9.17, 15) is 9.59 Å². The van der Waals surface area contributed by atoms with Gasteiger partial charge in [0.15, 0.2) is 0 Å². The number of hydrogen-bond acceptors (Lipinski definition) is 4. The molecule has 0 bridgehead atoms. The van der Waals surface area contributed by atoms with Gasteiger partial charge in [-0.1, -0.05) is 12.2 Å². The molecule has 15 heavy (non-hydrogen) atoms. The lowest BCUT2D eigenvalue weighted by molar-refractivity contribution is 0.0251. The van der Waals surface area contributed by atoms with Crippen molar-refractivity contribution in [1.82, 2.24) is 10.6 Å². The van der Waals surface area contributed by atoms with Crippen LogP contribution >= 0.6 is 0 Å². The Bertz CT molecular complexity index is 216. The molecule has 0 radical (unpaired) electrons. The minimum atomic E-state index is -0.675. The molecule has 0 spiro atoms. The standard InChI is InChI=1S/C9H14N2O4/c1-3-5-10-8(12)14-7-15-9(13)11-6-4-2/h3-4H,1-2,5-7H2,(H,10,12)(H,11,13). The number of ether oxygens (including phenoxy) is 2. The van der Waals surface area contributed by atoms with E-state index in [0.717, 1.165) is 0 Å². The van der Waals surface area contributed by atoms with Gasteiger partial charge in [-0.15, -0.1) is 13.2 Å². The van der Waals surface area contributed by atoms with Gasteiger partial charge in [0.1, 0.15) is 0 Å². The van der Waals surface area contributed by atoms with Gasteiger partial charge in [0.25, 0.3) is 0 Å². The van der Waals surface area contributed by atoms with Crippen LogP contribution in [0.1, 0.15) is 0 Å². The van der Waals surface area contributed by atoms with Crippen LogP contribution in [0.5, 0.6) is 0 Å². The molecule has 0 unspecified atom stereocenters. The molecule has 0 aromatic rings. The van der Waals surface area contributed by atoms with Crippen molar-refractivity contribution < 1.29 is 19.1 Å². The SMILES string of the molecule is C=CCNC(=O)OCOC(=O)NCC=C. The van der Waals surface area contributed by atoms with Crippen LogP contribution in [0.15, 0.2) is 25.3 Å². The molecule has 0 rings (SSSR count). The smallest absolute Gasteiger partial charge is 0.410 e. The molecule has 0 saturated carbocycles. The third kappa shape index (κ3) is 8.35. The summed E-state index contributed by atoms with van der Waals surface area (Å²) in [4.78, 5) is 21.6. The summed E-state index contributed by atoms with van der Waals surface area (Å²) in [6.07, 6.45) is 1.65. The van der Waals surface area contributed by atoms with Gasteiger partial charge in [-0.25, -0.2) is 9.59 Å². The zero-order valence-corrected chi connectivity index (χ0v) is 8.32. The number of amides is 2. The molecule has 84 valence electrons. The number of nitrogens with one attached hydrogen (secondary N) is 2. The van der Waals surface area contributed by atoms with Crippen LogP contribution in [-0.4, -0.2) is 32.1 Å².